The lowest BCUT2D eigenvalue weighted by atomic mass is 10.1. The molecule has 1 N–H and O–H groups in total. The number of nitrogens with one attached hydrogen (secondary N) is 1. The van der Waals surface area contributed by atoms with Gasteiger partial charge in [0.05, 0.1) is 0 Å². The number of hydrogen-bond donors (Lipinski definition) is 1. The predicted molar refractivity (Wildman–Crippen MR) is 64.7 cm³/mol. The molecule has 0 rings (SSSR count). The Morgan fingerprint density at radius 1 is 1.21 bits per heavy atom. The van der Waals surface area contributed by atoms with Crippen molar-refractivity contribution in [3.63, 3.8) is 0 Å². The highest BCUT2D eigenvalue weighted by molar-refractivity contribution is 4.59. The van der Waals surface area contributed by atoms with Crippen molar-refractivity contribution in [3.05, 3.63) is 0 Å². The van der Waals surface area contributed by atoms with Gasteiger partial charge in [0.1, 0.15) is 0 Å². The van der Waals surface area contributed by atoms with Gasteiger partial charge in [0, 0.05) is 6.04 Å². The summed E-state index contributed by atoms with van der Waals surface area (Å²) in [7, 11) is 2.19. The topological polar surface area (TPSA) is 15.3 Å². The molecule has 0 aromatic rings. The minimum absolute atomic E-state index is 0.671. The fraction of sp³-hybridized carbons (Fsp3) is 1.00. The van der Waals surface area contributed by atoms with Gasteiger partial charge in [0.2, 0.25) is 0 Å². The van der Waals surface area contributed by atoms with Crippen LogP contribution in [0.5, 0.6) is 0 Å². The molecule has 86 valence electrons. The van der Waals surface area contributed by atoms with Gasteiger partial charge in [-0.3, -0.25) is 0 Å². The second kappa shape index (κ2) is 8.25. The van der Waals surface area contributed by atoms with E-state index in [0.29, 0.717) is 6.04 Å². The van der Waals surface area contributed by atoms with E-state index < -0.39 is 0 Å². The number of rotatable bonds is 8. The first-order valence-corrected chi connectivity index (χ1v) is 5.98. The second-order valence-electron chi connectivity index (χ2n) is 4.65. The molecule has 0 heterocycles. The summed E-state index contributed by atoms with van der Waals surface area (Å²) in [5.41, 5.74) is 0. The van der Waals surface area contributed by atoms with Crippen LogP contribution in [0, 0.1) is 5.92 Å². The maximum atomic E-state index is 3.50. The highest BCUT2D eigenvalue weighted by atomic mass is 15.1. The third-order valence-electron chi connectivity index (χ3n) is 2.94. The van der Waals surface area contributed by atoms with Crippen molar-refractivity contribution in [1.82, 2.24) is 10.2 Å². The Morgan fingerprint density at radius 2 is 1.86 bits per heavy atom. The largest absolute Gasteiger partial charge is 0.316 e. The third kappa shape index (κ3) is 7.34. The van der Waals surface area contributed by atoms with Crippen molar-refractivity contribution in [3.8, 4) is 0 Å². The first-order valence-electron chi connectivity index (χ1n) is 5.98. The van der Waals surface area contributed by atoms with Crippen molar-refractivity contribution >= 4 is 0 Å². The van der Waals surface area contributed by atoms with Crippen molar-refractivity contribution in [1.29, 1.82) is 0 Å². The zero-order valence-electron chi connectivity index (χ0n) is 10.6. The average Bonchev–Trinajstić information content (AvgIpc) is 2.16. The zero-order valence-corrected chi connectivity index (χ0v) is 10.6. The molecule has 1 unspecified atom stereocenters. The van der Waals surface area contributed by atoms with Crippen LogP contribution in [0.15, 0.2) is 0 Å². The van der Waals surface area contributed by atoms with Gasteiger partial charge in [0.25, 0.3) is 0 Å². The Morgan fingerprint density at radius 3 is 2.36 bits per heavy atom. The van der Waals surface area contributed by atoms with Gasteiger partial charge in [-0.15, -0.1) is 0 Å². The van der Waals surface area contributed by atoms with Crippen LogP contribution >= 0.6 is 0 Å². The van der Waals surface area contributed by atoms with Crippen LogP contribution in [-0.4, -0.2) is 37.6 Å². The van der Waals surface area contributed by atoms with Crippen molar-refractivity contribution < 1.29 is 0 Å². The Balaban J connectivity index is 3.21. The molecule has 0 spiro atoms. The summed E-state index contributed by atoms with van der Waals surface area (Å²) in [6.45, 7) is 12.6. The van der Waals surface area contributed by atoms with Crippen LogP contribution in [0.2, 0.25) is 0 Å². The standard InChI is InChI=1S/C12H28N2/c1-6-12(4)10-13-8-7-9-14(5)11(2)3/h11-13H,6-10H2,1-5H3. The molecule has 0 fully saturated rings. The summed E-state index contributed by atoms with van der Waals surface area (Å²) in [6.07, 6.45) is 2.53. The quantitative estimate of drug-likeness (QED) is 0.605. The lowest BCUT2D eigenvalue weighted by molar-refractivity contribution is 0.268. The first-order chi connectivity index (χ1) is 6.57. The molecule has 2 nitrogen and oxygen atoms in total. The van der Waals surface area contributed by atoms with E-state index in [1.54, 1.807) is 0 Å². The molecule has 0 radical (unpaired) electrons. The molecule has 0 saturated heterocycles. The number of hydrogen-bond acceptors (Lipinski definition) is 2. The molecule has 14 heavy (non-hydrogen) atoms. The van der Waals surface area contributed by atoms with E-state index in [1.165, 1.54) is 25.9 Å². The maximum absolute atomic E-state index is 3.50. The highest BCUT2D eigenvalue weighted by Crippen LogP contribution is 1.98. The van der Waals surface area contributed by atoms with E-state index in [4.69, 9.17) is 0 Å². The molecule has 0 aromatic heterocycles. The summed E-state index contributed by atoms with van der Waals surface area (Å²) < 4.78 is 0. The fourth-order valence-electron chi connectivity index (χ4n) is 1.20. The van der Waals surface area contributed by atoms with Gasteiger partial charge < -0.3 is 10.2 Å². The number of nitrogens with zero attached hydrogens (tertiary/aromatic N) is 1. The van der Waals surface area contributed by atoms with Gasteiger partial charge in [-0.25, -0.2) is 0 Å². The van der Waals surface area contributed by atoms with Crippen molar-refractivity contribution in [2.45, 2.75) is 46.6 Å². The molecular formula is C12H28N2. The molecule has 1 atom stereocenters. The van der Waals surface area contributed by atoms with Crippen LogP contribution in [-0.2, 0) is 0 Å². The molecule has 0 aliphatic carbocycles. The van der Waals surface area contributed by atoms with Crippen LogP contribution < -0.4 is 5.32 Å². The van der Waals surface area contributed by atoms with E-state index in [9.17, 15) is 0 Å². The lowest BCUT2D eigenvalue weighted by Crippen LogP contribution is -2.30. The minimum Gasteiger partial charge on any atom is -0.316 e. The van der Waals surface area contributed by atoms with Gasteiger partial charge in [-0.1, -0.05) is 20.3 Å². The Labute approximate surface area is 90.1 Å². The highest BCUT2D eigenvalue weighted by Gasteiger charge is 2.02. The maximum Gasteiger partial charge on any atom is 0.00355 e. The zero-order chi connectivity index (χ0) is 11.0. The molecule has 0 amide bonds. The fourth-order valence-corrected chi connectivity index (χ4v) is 1.20. The molecule has 0 aliphatic heterocycles. The van der Waals surface area contributed by atoms with Gasteiger partial charge >= 0.3 is 0 Å². The summed E-state index contributed by atoms with van der Waals surface area (Å²) in [5, 5.41) is 3.50. The lowest BCUT2D eigenvalue weighted by Gasteiger charge is -2.21. The smallest absolute Gasteiger partial charge is 0.00355 e. The van der Waals surface area contributed by atoms with Gasteiger partial charge in [0.15, 0.2) is 0 Å². The van der Waals surface area contributed by atoms with E-state index in [1.807, 2.05) is 0 Å². The van der Waals surface area contributed by atoms with E-state index in [2.05, 4.69) is 45.0 Å². The van der Waals surface area contributed by atoms with Crippen molar-refractivity contribution in [2.24, 2.45) is 5.92 Å². The Kier molecular flexibility index (Phi) is 8.20. The van der Waals surface area contributed by atoms with Gasteiger partial charge in [-0.05, 0) is 52.9 Å². The van der Waals surface area contributed by atoms with Crippen molar-refractivity contribution in [2.75, 3.05) is 26.7 Å². The Hall–Kier alpha value is -0.0800. The molecule has 0 bridgehead atoms. The van der Waals surface area contributed by atoms with E-state index in [-0.39, 0.29) is 0 Å². The second-order valence-corrected chi connectivity index (χ2v) is 4.65. The minimum atomic E-state index is 0.671. The summed E-state index contributed by atoms with van der Waals surface area (Å²) in [6, 6.07) is 0.671. The predicted octanol–water partition coefficient (Wildman–Crippen LogP) is 2.35. The normalized spacial score (nSPS) is 13.9. The summed E-state index contributed by atoms with van der Waals surface area (Å²) in [4.78, 5) is 2.39. The SMILES string of the molecule is CCC(C)CNCCCN(C)C(C)C. The Bertz CT molecular complexity index is 123. The molecular weight excluding hydrogens is 172 g/mol. The first kappa shape index (κ1) is 13.9. The molecule has 2 heteroatoms. The molecule has 0 saturated carbocycles. The monoisotopic (exact) mass is 200 g/mol. The molecule has 0 aliphatic rings. The summed E-state index contributed by atoms with van der Waals surface area (Å²) in [5.74, 6) is 0.817. The van der Waals surface area contributed by atoms with E-state index in [0.717, 1.165) is 12.5 Å². The average molecular weight is 200 g/mol. The molecule has 0 aromatic carbocycles. The van der Waals surface area contributed by atoms with Crippen LogP contribution in [0.3, 0.4) is 0 Å². The van der Waals surface area contributed by atoms with E-state index >= 15 is 0 Å². The third-order valence-corrected chi connectivity index (χ3v) is 2.94. The summed E-state index contributed by atoms with van der Waals surface area (Å²) >= 11 is 0. The van der Waals surface area contributed by atoms with Crippen LogP contribution in [0.1, 0.15) is 40.5 Å². The van der Waals surface area contributed by atoms with Crippen LogP contribution in [0.25, 0.3) is 0 Å². The van der Waals surface area contributed by atoms with Gasteiger partial charge in [-0.2, -0.15) is 0 Å². The van der Waals surface area contributed by atoms with Crippen LogP contribution in [0.4, 0.5) is 0 Å².